The van der Waals surface area contributed by atoms with Crippen molar-refractivity contribution in [2.45, 2.75) is 38.5 Å². The molecule has 4 bridgehead atoms. The molecular weight excluding hydrogens is 508 g/mol. The molecule has 2 fully saturated rings. The third-order valence-electron chi connectivity index (χ3n) is 7.73. The van der Waals surface area contributed by atoms with Crippen LogP contribution in [0.5, 0.6) is 11.5 Å². The molecule has 1 aromatic heterocycles. The van der Waals surface area contributed by atoms with Crippen molar-refractivity contribution in [3.05, 3.63) is 71.5 Å². The Balaban J connectivity index is 1.29. The summed E-state index contributed by atoms with van der Waals surface area (Å²) in [5.41, 5.74) is 2.32. The molecule has 2 amide bonds. The number of fused-ring (bicyclic) bond motifs is 5. The summed E-state index contributed by atoms with van der Waals surface area (Å²) in [5, 5.41) is 3.14. The molecule has 4 heterocycles. The van der Waals surface area contributed by atoms with Crippen LogP contribution in [-0.2, 0) is 16.1 Å². The van der Waals surface area contributed by atoms with E-state index in [9.17, 15) is 9.59 Å². The number of aryl methyl sites for hydroxylation is 1. The predicted octanol–water partition coefficient (Wildman–Crippen LogP) is 3.15. The summed E-state index contributed by atoms with van der Waals surface area (Å²) < 4.78 is 12.6. The van der Waals surface area contributed by atoms with Gasteiger partial charge in [0.1, 0.15) is 11.5 Å². The van der Waals surface area contributed by atoms with E-state index in [2.05, 4.69) is 25.1 Å². The van der Waals surface area contributed by atoms with E-state index in [1.807, 2.05) is 37.3 Å². The molecule has 0 unspecified atom stereocenters. The SMILES string of the molecule is Cc1ccc2cc1Oc1cccc(c1)CO[C@H]1CN(c3nccnc3N3CCCC3)C[C@@H]1NC(=O)CN(C)C2=O. The van der Waals surface area contributed by atoms with Crippen molar-refractivity contribution in [3.8, 4) is 11.5 Å². The average molecular weight is 543 g/mol. The number of benzene rings is 2. The first kappa shape index (κ1) is 26.1. The standard InChI is InChI=1S/C30H34N6O4/c1-20-8-9-22-15-25(20)40-23-7-5-6-21(14-23)19-39-26-17-36(16-24(26)33-27(37)18-34(2)30(22)38)29-28(31-10-11-32-29)35-12-3-4-13-35/h5-11,14-15,24,26H,3-4,12-13,16-19H2,1-2H3,(H,33,37)/t24-,26-/m0/s1. The second-order valence-electron chi connectivity index (χ2n) is 10.7. The van der Waals surface area contributed by atoms with Gasteiger partial charge in [-0.3, -0.25) is 9.59 Å². The number of ether oxygens (including phenoxy) is 2. The summed E-state index contributed by atoms with van der Waals surface area (Å²) in [5.74, 6) is 2.44. The van der Waals surface area contributed by atoms with Crippen LogP contribution in [0.2, 0.25) is 0 Å². The van der Waals surface area contributed by atoms with Crippen molar-refractivity contribution in [3.63, 3.8) is 0 Å². The molecule has 1 N–H and O–H groups in total. The van der Waals surface area contributed by atoms with E-state index in [0.717, 1.165) is 48.7 Å². The fourth-order valence-corrected chi connectivity index (χ4v) is 5.58. The third-order valence-corrected chi connectivity index (χ3v) is 7.73. The van der Waals surface area contributed by atoms with Gasteiger partial charge in [-0.25, -0.2) is 9.97 Å². The zero-order valence-electron chi connectivity index (χ0n) is 22.9. The van der Waals surface area contributed by atoms with Gasteiger partial charge in [0.05, 0.1) is 25.3 Å². The van der Waals surface area contributed by atoms with Crippen LogP contribution in [0, 0.1) is 6.92 Å². The summed E-state index contributed by atoms with van der Waals surface area (Å²) in [6.07, 6.45) is 5.43. The Kier molecular flexibility index (Phi) is 7.25. The van der Waals surface area contributed by atoms with Crippen LogP contribution in [0.15, 0.2) is 54.9 Å². The fourth-order valence-electron chi connectivity index (χ4n) is 5.58. The number of aromatic nitrogens is 2. The molecule has 6 rings (SSSR count). The highest BCUT2D eigenvalue weighted by molar-refractivity contribution is 5.96. The van der Waals surface area contributed by atoms with Crippen LogP contribution in [0.4, 0.5) is 11.6 Å². The largest absolute Gasteiger partial charge is 0.457 e. The van der Waals surface area contributed by atoms with Crippen LogP contribution >= 0.6 is 0 Å². The highest BCUT2D eigenvalue weighted by Gasteiger charge is 2.37. The maximum atomic E-state index is 13.2. The number of rotatable bonds is 2. The van der Waals surface area contributed by atoms with Crippen LogP contribution in [0.3, 0.4) is 0 Å². The van der Waals surface area contributed by atoms with Crippen LogP contribution in [0.25, 0.3) is 0 Å². The lowest BCUT2D eigenvalue weighted by Crippen LogP contribution is -2.48. The Morgan fingerprint density at radius 1 is 0.950 bits per heavy atom. The van der Waals surface area contributed by atoms with Gasteiger partial charge in [0, 0.05) is 51.2 Å². The first-order valence-electron chi connectivity index (χ1n) is 13.8. The van der Waals surface area contributed by atoms with Gasteiger partial charge < -0.3 is 29.5 Å². The topological polar surface area (TPSA) is 100 Å². The summed E-state index contributed by atoms with van der Waals surface area (Å²) in [6, 6.07) is 12.8. The molecule has 2 aromatic carbocycles. The van der Waals surface area contributed by atoms with Crippen LogP contribution in [0.1, 0.15) is 34.3 Å². The maximum absolute atomic E-state index is 13.2. The minimum Gasteiger partial charge on any atom is -0.457 e. The maximum Gasteiger partial charge on any atom is 0.254 e. The van der Waals surface area contributed by atoms with Crippen molar-refractivity contribution in [1.82, 2.24) is 20.2 Å². The van der Waals surface area contributed by atoms with Gasteiger partial charge >= 0.3 is 0 Å². The quantitative estimate of drug-likeness (QED) is 0.527. The van der Waals surface area contributed by atoms with E-state index in [0.29, 0.717) is 36.8 Å². The van der Waals surface area contributed by atoms with Crippen molar-refractivity contribution in [2.75, 3.05) is 49.6 Å². The van der Waals surface area contributed by atoms with Crippen molar-refractivity contribution in [2.24, 2.45) is 0 Å². The van der Waals surface area contributed by atoms with Gasteiger partial charge in [0.25, 0.3) is 5.91 Å². The predicted molar refractivity (Wildman–Crippen MR) is 151 cm³/mol. The van der Waals surface area contributed by atoms with Gasteiger partial charge in [-0.05, 0) is 55.2 Å². The van der Waals surface area contributed by atoms with E-state index >= 15 is 0 Å². The molecule has 0 spiro atoms. The highest BCUT2D eigenvalue weighted by atomic mass is 16.5. The van der Waals surface area contributed by atoms with Crippen molar-refractivity contribution >= 4 is 23.5 Å². The molecule has 2 atom stereocenters. The lowest BCUT2D eigenvalue weighted by Gasteiger charge is -2.24. The summed E-state index contributed by atoms with van der Waals surface area (Å²) in [7, 11) is 1.63. The molecule has 40 heavy (non-hydrogen) atoms. The van der Waals surface area contributed by atoms with E-state index in [1.165, 1.54) is 4.90 Å². The van der Waals surface area contributed by atoms with Gasteiger partial charge in [-0.1, -0.05) is 18.2 Å². The Labute approximate surface area is 233 Å². The molecule has 3 aliphatic rings. The minimum atomic E-state index is -0.289. The first-order chi connectivity index (χ1) is 19.4. The first-order valence-corrected chi connectivity index (χ1v) is 13.8. The Hall–Kier alpha value is -4.18. The Morgan fingerprint density at radius 3 is 2.52 bits per heavy atom. The third kappa shape index (κ3) is 5.44. The number of hydrogen-bond acceptors (Lipinski definition) is 8. The van der Waals surface area contributed by atoms with Crippen molar-refractivity contribution < 1.29 is 19.1 Å². The molecule has 10 nitrogen and oxygen atoms in total. The van der Waals surface area contributed by atoms with E-state index < -0.39 is 0 Å². The molecule has 10 heteroatoms. The second-order valence-corrected chi connectivity index (χ2v) is 10.7. The summed E-state index contributed by atoms with van der Waals surface area (Å²) >= 11 is 0. The van der Waals surface area contributed by atoms with E-state index in [-0.39, 0.29) is 30.5 Å². The molecule has 0 radical (unpaired) electrons. The molecular formula is C30H34N6O4. The van der Waals surface area contributed by atoms with E-state index in [4.69, 9.17) is 9.47 Å². The van der Waals surface area contributed by atoms with Crippen LogP contribution in [-0.4, -0.2) is 78.6 Å². The molecule has 3 aromatic rings. The van der Waals surface area contributed by atoms with E-state index in [1.54, 1.807) is 31.6 Å². The van der Waals surface area contributed by atoms with Crippen molar-refractivity contribution in [1.29, 1.82) is 0 Å². The average Bonchev–Trinajstić information content (AvgIpc) is 3.63. The molecule has 2 saturated heterocycles. The second kappa shape index (κ2) is 11.1. The number of nitrogens with one attached hydrogen (secondary N) is 1. The van der Waals surface area contributed by atoms with Gasteiger partial charge in [-0.2, -0.15) is 0 Å². The van der Waals surface area contributed by atoms with Crippen LogP contribution < -0.4 is 19.9 Å². The Bertz CT molecular complexity index is 1410. The number of amides is 2. The van der Waals surface area contributed by atoms with Gasteiger partial charge in [0.2, 0.25) is 5.91 Å². The monoisotopic (exact) mass is 542 g/mol. The number of carbonyl (C=O) groups excluding carboxylic acids is 2. The molecule has 0 saturated carbocycles. The zero-order valence-corrected chi connectivity index (χ0v) is 22.9. The Morgan fingerprint density at radius 2 is 1.73 bits per heavy atom. The normalized spacial score (nSPS) is 21.7. The lowest BCUT2D eigenvalue weighted by molar-refractivity contribution is -0.123. The van der Waals surface area contributed by atoms with Gasteiger partial charge in [-0.15, -0.1) is 0 Å². The summed E-state index contributed by atoms with van der Waals surface area (Å²) in [6.45, 7) is 5.22. The minimum absolute atomic E-state index is 0.0741. The highest BCUT2D eigenvalue weighted by Crippen LogP contribution is 2.32. The molecule has 0 aliphatic carbocycles. The molecule has 3 aliphatic heterocycles. The molecule has 208 valence electrons. The lowest BCUT2D eigenvalue weighted by atomic mass is 10.1. The number of likely N-dealkylation sites (N-methyl/N-ethyl adjacent to an activating group) is 1. The zero-order chi connectivity index (χ0) is 27.6. The number of nitrogens with zero attached hydrogens (tertiary/aromatic N) is 5. The summed E-state index contributed by atoms with van der Waals surface area (Å²) in [4.78, 5) is 41.6. The smallest absolute Gasteiger partial charge is 0.254 e. The van der Waals surface area contributed by atoms with Gasteiger partial charge in [0.15, 0.2) is 11.6 Å². The number of carbonyl (C=O) groups is 2. The fraction of sp³-hybridized carbons (Fsp3) is 0.400. The number of anilines is 2. The number of hydrogen-bond donors (Lipinski definition) is 1.